The lowest BCUT2D eigenvalue weighted by Gasteiger charge is -2.16. The first-order valence-electron chi connectivity index (χ1n) is 14.5. The van der Waals surface area contributed by atoms with Gasteiger partial charge in [-0.1, -0.05) is 42.5 Å². The smallest absolute Gasteiger partial charge is 0.339 e. The second-order valence-electron chi connectivity index (χ2n) is 10.9. The van der Waals surface area contributed by atoms with Crippen LogP contribution in [0.3, 0.4) is 0 Å². The maximum absolute atomic E-state index is 15.8. The summed E-state index contributed by atoms with van der Waals surface area (Å²) in [5.41, 5.74) is -1.05. The van der Waals surface area contributed by atoms with Crippen LogP contribution in [-0.2, 0) is 10.0 Å². The van der Waals surface area contributed by atoms with Gasteiger partial charge in [0.15, 0.2) is 11.6 Å². The Morgan fingerprint density at radius 2 is 1.48 bits per heavy atom. The maximum Gasteiger partial charge on any atom is 0.339 e. The minimum absolute atomic E-state index is 0.00367. The van der Waals surface area contributed by atoms with Crippen LogP contribution >= 0.6 is 0 Å². The number of methoxy groups -OCH3 is 1. The van der Waals surface area contributed by atoms with E-state index in [2.05, 4.69) is 0 Å². The minimum atomic E-state index is -4.71. The number of fused-ring (bicyclic) bond motifs is 1. The molecular formula is C37H21F4N3O5S. The third kappa shape index (κ3) is 5.49. The van der Waals surface area contributed by atoms with Crippen LogP contribution in [0, 0.1) is 34.3 Å². The maximum atomic E-state index is 15.8. The molecule has 8 nitrogen and oxygen atoms in total. The zero-order valence-corrected chi connectivity index (χ0v) is 26.5. The highest BCUT2D eigenvalue weighted by Crippen LogP contribution is 2.46. The predicted molar refractivity (Wildman–Crippen MR) is 175 cm³/mol. The van der Waals surface area contributed by atoms with Crippen LogP contribution in [0.2, 0.25) is 0 Å². The Hall–Kier alpha value is -6.44. The molecule has 0 unspecified atom stereocenters. The Labute approximate surface area is 282 Å². The number of hydrogen-bond acceptors (Lipinski definition) is 6. The van der Waals surface area contributed by atoms with Crippen molar-refractivity contribution in [2.45, 2.75) is 11.3 Å². The molecule has 248 valence electrons. The van der Waals surface area contributed by atoms with Crippen molar-refractivity contribution in [3.8, 4) is 51.4 Å². The van der Waals surface area contributed by atoms with Gasteiger partial charge < -0.3 is 9.84 Å². The Bertz CT molecular complexity index is 2520. The van der Waals surface area contributed by atoms with Crippen LogP contribution in [0.4, 0.5) is 17.6 Å². The number of aromatic carboxylic acids is 1. The number of carboxylic acid groups (broad SMARTS) is 1. The van der Waals surface area contributed by atoms with E-state index in [0.717, 1.165) is 53.5 Å². The molecule has 0 atom stereocenters. The quantitative estimate of drug-likeness (QED) is 0.158. The van der Waals surface area contributed by atoms with Gasteiger partial charge in [-0.2, -0.15) is 10.5 Å². The molecule has 5 aromatic carbocycles. The van der Waals surface area contributed by atoms with E-state index in [1.165, 1.54) is 54.6 Å². The number of carbonyl (C=O) groups is 1. The zero-order chi connectivity index (χ0) is 35.9. The van der Waals surface area contributed by atoms with Gasteiger partial charge in [0.25, 0.3) is 16.4 Å². The summed E-state index contributed by atoms with van der Waals surface area (Å²) in [4.78, 5) is 11.3. The molecule has 0 aliphatic rings. The number of benzene rings is 5. The third-order valence-electron chi connectivity index (χ3n) is 8.09. The molecule has 0 saturated heterocycles. The van der Waals surface area contributed by atoms with Gasteiger partial charge >= 0.3 is 5.97 Å². The van der Waals surface area contributed by atoms with Crippen molar-refractivity contribution < 1.29 is 40.6 Å². The summed E-state index contributed by atoms with van der Waals surface area (Å²) in [5, 5.41) is 29.8. The Morgan fingerprint density at radius 1 is 0.840 bits per heavy atom. The van der Waals surface area contributed by atoms with Crippen molar-refractivity contribution in [1.29, 1.82) is 10.5 Å². The number of nitrogens with zero attached hydrogens (tertiary/aromatic N) is 3. The van der Waals surface area contributed by atoms with Crippen LogP contribution in [0.25, 0.3) is 44.4 Å². The van der Waals surface area contributed by atoms with Crippen LogP contribution in [0.1, 0.15) is 33.5 Å². The molecule has 6 aromatic rings. The summed E-state index contributed by atoms with van der Waals surface area (Å²) in [6.07, 6.45) is -2.87. The highest BCUT2D eigenvalue weighted by Gasteiger charge is 2.31. The molecule has 0 amide bonds. The fourth-order valence-corrected chi connectivity index (χ4v) is 7.43. The van der Waals surface area contributed by atoms with Gasteiger partial charge in [-0.25, -0.2) is 34.7 Å². The number of nitriles is 2. The van der Waals surface area contributed by atoms with Crippen molar-refractivity contribution in [3.05, 3.63) is 131 Å². The van der Waals surface area contributed by atoms with Crippen molar-refractivity contribution in [2.75, 3.05) is 7.11 Å². The van der Waals surface area contributed by atoms with Gasteiger partial charge in [-0.3, -0.25) is 0 Å². The van der Waals surface area contributed by atoms with Crippen molar-refractivity contribution >= 4 is 26.9 Å². The van der Waals surface area contributed by atoms with Crippen molar-refractivity contribution in [1.82, 2.24) is 3.97 Å². The Morgan fingerprint density at radius 3 is 2.08 bits per heavy atom. The molecule has 1 N–H and O–H groups in total. The van der Waals surface area contributed by atoms with Crippen molar-refractivity contribution in [2.24, 2.45) is 0 Å². The standard InChI is InChI=1S/C37H21F4N3O5S/c1-49-35-28(37(45)46)14-13-27(33(35)39)21-4-2-5-22(16-21)34-32(31-23(18-42)6-3-7-24(31)19-43)29-17-25(38)10-15-30(29)44(34)50(47,48)26-11-8-20(9-12-26)36(40)41/h2-17,36H,1H3,(H,45,46). The fraction of sp³-hybridized carbons (Fsp3) is 0.0541. The van der Waals surface area contributed by atoms with Crippen LogP contribution in [0.15, 0.2) is 102 Å². The minimum Gasteiger partial charge on any atom is -0.493 e. The van der Waals surface area contributed by atoms with Gasteiger partial charge in [0.1, 0.15) is 11.4 Å². The predicted octanol–water partition coefficient (Wildman–Crippen LogP) is 8.55. The lowest BCUT2D eigenvalue weighted by Crippen LogP contribution is -2.14. The van der Waals surface area contributed by atoms with Crippen LogP contribution < -0.4 is 4.74 Å². The molecule has 0 fully saturated rings. The number of carboxylic acids is 1. The Kier molecular flexibility index (Phi) is 8.62. The molecule has 0 aliphatic carbocycles. The number of aromatic nitrogens is 1. The van der Waals surface area contributed by atoms with E-state index in [1.54, 1.807) is 0 Å². The SMILES string of the molecule is COc1c(C(=O)O)ccc(-c2cccc(-c3c(-c4c(C#N)cccc4C#N)c4cc(F)ccc4n3S(=O)(=O)c3ccc(C(F)F)cc3)c2)c1F. The van der Waals surface area contributed by atoms with Gasteiger partial charge in [0.05, 0.1) is 46.5 Å². The summed E-state index contributed by atoms with van der Waals surface area (Å²) in [6, 6.07) is 23.7. The van der Waals surface area contributed by atoms with E-state index in [1.807, 2.05) is 12.1 Å². The van der Waals surface area contributed by atoms with E-state index in [-0.39, 0.29) is 55.5 Å². The first-order chi connectivity index (χ1) is 23.9. The third-order valence-corrected chi connectivity index (χ3v) is 9.82. The second-order valence-corrected chi connectivity index (χ2v) is 12.7. The van der Waals surface area contributed by atoms with E-state index >= 15 is 8.78 Å². The summed E-state index contributed by atoms with van der Waals surface area (Å²) in [6.45, 7) is 0. The lowest BCUT2D eigenvalue weighted by atomic mass is 9.90. The molecule has 1 aromatic heterocycles. The number of halogens is 4. The number of hydrogen-bond donors (Lipinski definition) is 1. The van der Waals surface area contributed by atoms with Crippen LogP contribution in [0.5, 0.6) is 5.75 Å². The average molecular weight is 696 g/mol. The van der Waals surface area contributed by atoms with E-state index in [0.29, 0.717) is 0 Å². The van der Waals surface area contributed by atoms with E-state index in [9.17, 15) is 37.6 Å². The first kappa shape index (κ1) is 33.5. The second kappa shape index (κ2) is 12.9. The van der Waals surface area contributed by atoms with Gasteiger partial charge in [0, 0.05) is 33.2 Å². The van der Waals surface area contributed by atoms with Gasteiger partial charge in [0.2, 0.25) is 0 Å². The molecule has 50 heavy (non-hydrogen) atoms. The molecule has 0 bridgehead atoms. The molecule has 6 rings (SSSR count). The van der Waals surface area contributed by atoms with Gasteiger partial charge in [-0.15, -0.1) is 0 Å². The highest BCUT2D eigenvalue weighted by atomic mass is 32.2. The summed E-state index contributed by atoms with van der Waals surface area (Å²) < 4.78 is 92.7. The average Bonchev–Trinajstić information content (AvgIpc) is 3.45. The molecule has 0 aliphatic heterocycles. The summed E-state index contributed by atoms with van der Waals surface area (Å²) in [5.74, 6) is -3.75. The number of ether oxygens (including phenoxy) is 1. The fourth-order valence-electron chi connectivity index (χ4n) is 5.88. The molecule has 0 radical (unpaired) electrons. The molecule has 13 heteroatoms. The number of alkyl halides is 2. The molecular weight excluding hydrogens is 674 g/mol. The summed E-state index contributed by atoms with van der Waals surface area (Å²) >= 11 is 0. The molecule has 0 spiro atoms. The number of rotatable bonds is 8. The van der Waals surface area contributed by atoms with E-state index < -0.39 is 55.8 Å². The monoisotopic (exact) mass is 695 g/mol. The van der Waals surface area contributed by atoms with E-state index in [4.69, 9.17) is 4.74 Å². The zero-order valence-electron chi connectivity index (χ0n) is 25.7. The highest BCUT2D eigenvalue weighted by molar-refractivity contribution is 7.90. The topological polar surface area (TPSA) is 133 Å². The largest absolute Gasteiger partial charge is 0.493 e. The van der Waals surface area contributed by atoms with Crippen LogP contribution in [-0.4, -0.2) is 30.6 Å². The van der Waals surface area contributed by atoms with Crippen molar-refractivity contribution in [3.63, 3.8) is 0 Å². The lowest BCUT2D eigenvalue weighted by molar-refractivity contribution is 0.0692. The summed E-state index contributed by atoms with van der Waals surface area (Å²) in [7, 11) is -3.61. The first-order valence-corrected chi connectivity index (χ1v) is 16.0. The molecule has 0 saturated carbocycles. The van der Waals surface area contributed by atoms with Gasteiger partial charge in [-0.05, 0) is 60.2 Å². The Balaban J connectivity index is 1.77. The normalized spacial score (nSPS) is 11.4. The molecule has 1 heterocycles.